The number of allylic oxidation sites excluding steroid dienone is 4. The van der Waals surface area contributed by atoms with E-state index in [1.54, 1.807) is 0 Å². The molecule has 2 nitrogen and oxygen atoms in total. The minimum Gasteiger partial charge on any atom is -0.310 e. The number of hydrogen-bond donors (Lipinski definition) is 0. The molecule has 0 amide bonds. The summed E-state index contributed by atoms with van der Waals surface area (Å²) in [7, 11) is 0. The smallest absolute Gasteiger partial charge is 0.0547 e. The van der Waals surface area contributed by atoms with Crippen LogP contribution < -0.4 is 4.90 Å². The Hall–Kier alpha value is -7.68. The van der Waals surface area contributed by atoms with E-state index in [2.05, 4.69) is 260 Å². The molecule has 1 unspecified atom stereocenters. The number of aromatic nitrogens is 1. The van der Waals surface area contributed by atoms with Crippen LogP contribution in [0.4, 0.5) is 17.1 Å². The Morgan fingerprint density at radius 1 is 0.492 bits per heavy atom. The van der Waals surface area contributed by atoms with Crippen LogP contribution in [-0.2, 0) is 0 Å². The van der Waals surface area contributed by atoms with Crippen molar-refractivity contribution in [3.8, 4) is 27.9 Å². The summed E-state index contributed by atoms with van der Waals surface area (Å²) in [6, 6.07) is 79.1. The largest absolute Gasteiger partial charge is 0.310 e. The molecule has 2 heteroatoms. The molecule has 61 heavy (non-hydrogen) atoms. The molecule has 9 aromatic carbocycles. The van der Waals surface area contributed by atoms with Crippen LogP contribution in [0.25, 0.3) is 66.1 Å². The Morgan fingerprint density at radius 2 is 1.07 bits per heavy atom. The fourth-order valence-electron chi connectivity index (χ4n) is 8.97. The van der Waals surface area contributed by atoms with Crippen LogP contribution in [0.5, 0.6) is 0 Å². The zero-order valence-corrected chi connectivity index (χ0v) is 34.5. The lowest BCUT2D eigenvalue weighted by atomic mass is 9.91. The molecule has 0 radical (unpaired) electrons. The van der Waals surface area contributed by atoms with Crippen LogP contribution in [0.15, 0.2) is 237 Å². The lowest BCUT2D eigenvalue weighted by Gasteiger charge is -2.28. The lowest BCUT2D eigenvalue weighted by Crippen LogP contribution is -2.11. The van der Waals surface area contributed by atoms with Crippen LogP contribution >= 0.6 is 0 Å². The summed E-state index contributed by atoms with van der Waals surface area (Å²) in [5.41, 5.74) is 15.1. The van der Waals surface area contributed by atoms with Crippen molar-refractivity contribution in [2.75, 3.05) is 4.90 Å². The number of nitrogens with zero attached hydrogens (tertiary/aromatic N) is 2. The van der Waals surface area contributed by atoms with E-state index in [9.17, 15) is 0 Å². The fourth-order valence-corrected chi connectivity index (χ4v) is 8.97. The number of hydrogen-bond acceptors (Lipinski definition) is 1. The summed E-state index contributed by atoms with van der Waals surface area (Å²) >= 11 is 0. The van der Waals surface area contributed by atoms with E-state index in [0.717, 1.165) is 33.9 Å². The van der Waals surface area contributed by atoms with Crippen molar-refractivity contribution in [2.24, 2.45) is 0 Å². The standard InChI is InChI=1S/C59H46N2/c1-3-43(33-32-42(2)44-20-8-4-9-21-44)51-37-35-49(40-54(51)45-22-10-5-11-23-45)60(48-27-14-7-15-28-48)50-36-39-57(55(41-50)46-24-12-6-13-25-46)61-56-31-19-18-30-53(56)59-52-29-17-16-26-47(52)34-38-58(59)61/h3-42H,1-2H3/b33-32-,43-3+. The van der Waals surface area contributed by atoms with Crippen molar-refractivity contribution in [1.82, 2.24) is 4.57 Å². The molecule has 292 valence electrons. The van der Waals surface area contributed by atoms with Gasteiger partial charge in [-0.15, -0.1) is 0 Å². The maximum atomic E-state index is 2.46. The highest BCUT2D eigenvalue weighted by Gasteiger charge is 2.21. The van der Waals surface area contributed by atoms with Crippen LogP contribution in [0.2, 0.25) is 0 Å². The molecule has 0 aliphatic carbocycles. The summed E-state index contributed by atoms with van der Waals surface area (Å²) in [5.74, 6) is 0.285. The van der Waals surface area contributed by atoms with Crippen LogP contribution in [0, 0.1) is 0 Å². The number of para-hydroxylation sites is 2. The van der Waals surface area contributed by atoms with Crippen molar-refractivity contribution >= 4 is 55.2 Å². The highest BCUT2D eigenvalue weighted by molar-refractivity contribution is 6.21. The topological polar surface area (TPSA) is 8.17 Å². The molecule has 0 aliphatic heterocycles. The van der Waals surface area contributed by atoms with E-state index in [1.807, 2.05) is 0 Å². The van der Waals surface area contributed by atoms with Gasteiger partial charge in [0.15, 0.2) is 0 Å². The van der Waals surface area contributed by atoms with E-state index in [0.29, 0.717) is 0 Å². The van der Waals surface area contributed by atoms with Gasteiger partial charge in [0.1, 0.15) is 0 Å². The van der Waals surface area contributed by atoms with Crippen LogP contribution in [-0.4, -0.2) is 4.57 Å². The molecule has 0 saturated carbocycles. The summed E-state index contributed by atoms with van der Waals surface area (Å²) in [5, 5.41) is 5.04. The normalized spacial score (nSPS) is 12.4. The first-order valence-corrected chi connectivity index (χ1v) is 21.2. The first-order valence-electron chi connectivity index (χ1n) is 21.2. The zero-order valence-electron chi connectivity index (χ0n) is 34.5. The van der Waals surface area contributed by atoms with Crippen molar-refractivity contribution in [1.29, 1.82) is 0 Å². The third-order valence-electron chi connectivity index (χ3n) is 12.0. The molecular formula is C59H46N2. The van der Waals surface area contributed by atoms with Gasteiger partial charge in [-0.3, -0.25) is 0 Å². The zero-order chi connectivity index (χ0) is 41.1. The third-order valence-corrected chi connectivity index (χ3v) is 12.0. The summed E-state index contributed by atoms with van der Waals surface area (Å²) in [6.07, 6.45) is 6.83. The predicted molar refractivity (Wildman–Crippen MR) is 261 cm³/mol. The maximum absolute atomic E-state index is 2.46. The molecule has 0 bridgehead atoms. The second-order valence-corrected chi connectivity index (χ2v) is 15.7. The van der Waals surface area contributed by atoms with Crippen molar-refractivity contribution < 1.29 is 0 Å². The van der Waals surface area contributed by atoms with E-state index in [-0.39, 0.29) is 5.92 Å². The third kappa shape index (κ3) is 7.13. The van der Waals surface area contributed by atoms with Crippen molar-refractivity contribution in [2.45, 2.75) is 19.8 Å². The van der Waals surface area contributed by atoms with Crippen molar-refractivity contribution in [3.63, 3.8) is 0 Å². The second-order valence-electron chi connectivity index (χ2n) is 15.7. The fraction of sp³-hybridized carbons (Fsp3) is 0.0508. The van der Waals surface area contributed by atoms with Crippen molar-refractivity contribution in [3.05, 3.63) is 248 Å². The summed E-state index contributed by atoms with van der Waals surface area (Å²) < 4.78 is 2.46. The Morgan fingerprint density at radius 3 is 1.77 bits per heavy atom. The molecule has 10 aromatic rings. The molecule has 0 N–H and O–H groups in total. The quantitative estimate of drug-likeness (QED) is 0.125. The second kappa shape index (κ2) is 16.5. The molecule has 1 atom stereocenters. The van der Waals surface area contributed by atoms with E-state index < -0.39 is 0 Å². The van der Waals surface area contributed by atoms with Gasteiger partial charge in [-0.1, -0.05) is 189 Å². The SMILES string of the molecule is C/C=C(\C=C/C(C)c1ccccc1)c1ccc(N(c2ccccc2)c2ccc(-n3c4ccccc4c4c5ccccc5ccc43)c(-c3ccccc3)c2)cc1-c1ccccc1. The van der Waals surface area contributed by atoms with Gasteiger partial charge >= 0.3 is 0 Å². The number of anilines is 3. The average molecular weight is 783 g/mol. The summed E-state index contributed by atoms with van der Waals surface area (Å²) in [4.78, 5) is 2.40. The Kier molecular flexibility index (Phi) is 10.2. The molecule has 0 spiro atoms. The molecule has 0 fully saturated rings. The monoisotopic (exact) mass is 782 g/mol. The molecule has 10 rings (SSSR count). The number of rotatable bonds is 10. The first kappa shape index (κ1) is 37.6. The van der Waals surface area contributed by atoms with Gasteiger partial charge in [0.25, 0.3) is 0 Å². The molecule has 0 aliphatic rings. The highest BCUT2D eigenvalue weighted by atomic mass is 15.1. The van der Waals surface area contributed by atoms with Crippen LogP contribution in [0.1, 0.15) is 30.9 Å². The Labute approximate surface area is 358 Å². The average Bonchev–Trinajstić information content (AvgIpc) is 3.68. The molecule has 1 aromatic heterocycles. The Balaban J connectivity index is 1.16. The van der Waals surface area contributed by atoms with Gasteiger partial charge in [-0.05, 0) is 112 Å². The number of fused-ring (bicyclic) bond motifs is 5. The number of benzene rings is 9. The van der Waals surface area contributed by atoms with Gasteiger partial charge in [-0.2, -0.15) is 0 Å². The van der Waals surface area contributed by atoms with Gasteiger partial charge in [-0.25, -0.2) is 0 Å². The highest BCUT2D eigenvalue weighted by Crippen LogP contribution is 2.44. The predicted octanol–water partition coefficient (Wildman–Crippen LogP) is 16.5. The van der Waals surface area contributed by atoms with Crippen LogP contribution in [0.3, 0.4) is 0 Å². The molecular weight excluding hydrogens is 737 g/mol. The Bertz CT molecular complexity index is 3190. The minimum atomic E-state index is 0.285. The van der Waals surface area contributed by atoms with Gasteiger partial charge in [0, 0.05) is 33.4 Å². The molecule has 1 heterocycles. The van der Waals surface area contributed by atoms with Gasteiger partial charge in [0.2, 0.25) is 0 Å². The van der Waals surface area contributed by atoms with E-state index in [4.69, 9.17) is 0 Å². The molecule has 0 saturated heterocycles. The minimum absolute atomic E-state index is 0.285. The van der Waals surface area contributed by atoms with Gasteiger partial charge < -0.3 is 9.47 Å². The lowest BCUT2D eigenvalue weighted by molar-refractivity contribution is 0.968. The van der Waals surface area contributed by atoms with E-state index >= 15 is 0 Å². The van der Waals surface area contributed by atoms with Gasteiger partial charge in [0.05, 0.1) is 16.7 Å². The van der Waals surface area contributed by atoms with E-state index in [1.165, 1.54) is 60.4 Å². The maximum Gasteiger partial charge on any atom is 0.0547 e. The first-order chi connectivity index (χ1) is 30.2. The summed E-state index contributed by atoms with van der Waals surface area (Å²) in [6.45, 7) is 4.40.